The van der Waals surface area contributed by atoms with E-state index in [1.54, 1.807) is 0 Å². The number of imidazole rings is 2. The maximum Gasteiger partial charge on any atom is 2.00 e. The van der Waals surface area contributed by atoms with Crippen LogP contribution in [0.25, 0.3) is 175 Å². The second kappa shape index (κ2) is 28.6. The van der Waals surface area contributed by atoms with Gasteiger partial charge in [0, 0.05) is 113 Å². The molecule has 0 atom stereocenters. The minimum Gasteiger partial charge on any atom is -0.503 e. The average molecular weight is 1600 g/mol. The molecule has 0 aliphatic carbocycles. The standard InChI is InChI=1S/C44H26N4O.C44H24N4O.2C2H4O2.CH4.2Pd/c2*1-3-16-33-30(13-1)31-14-2-4-17-35(31)42-41(33)34-23-22-29(26-37(34)44-46-38-19-6-8-21-40(38)48(42)44)49-28-12-9-11-27(25-28)47-39-20-7-5-15-32(39)36-18-10-24-45-43(36)47;2*1-2(3)4;;;/h1-26H;1-24H;2*1H3,(H,3,4);1H4;;/q;-2;;;;;+2. The van der Waals surface area contributed by atoms with Gasteiger partial charge >= 0.3 is 20.4 Å². The van der Waals surface area contributed by atoms with Gasteiger partial charge in [0.1, 0.15) is 28.4 Å². The smallest absolute Gasteiger partial charge is 0.503 e. The molecule has 14 nitrogen and oxygen atoms in total. The molecule has 0 radical (unpaired) electrons. The summed E-state index contributed by atoms with van der Waals surface area (Å²) in [4.78, 5) is 37.9. The number of pyridine rings is 4. The Morgan fingerprint density at radius 1 is 0.349 bits per heavy atom. The van der Waals surface area contributed by atoms with Gasteiger partial charge in [0.2, 0.25) is 0 Å². The molecule has 0 unspecified atom stereocenters. The quantitative estimate of drug-likeness (QED) is 0.0930. The van der Waals surface area contributed by atoms with Gasteiger partial charge in [-0.1, -0.05) is 194 Å². The number of para-hydroxylation sites is 6. The number of fused-ring (bicyclic) bond motifs is 32. The molecule has 14 aromatic carbocycles. The Bertz CT molecular complexity index is 6880. The number of nitrogens with zero attached hydrogens (tertiary/aromatic N) is 8. The molecule has 0 saturated heterocycles. The third-order valence-electron chi connectivity index (χ3n) is 19.7. The van der Waals surface area contributed by atoms with Crippen LogP contribution >= 0.6 is 0 Å². The summed E-state index contributed by atoms with van der Waals surface area (Å²) in [6.45, 7) is 2.17. The van der Waals surface area contributed by atoms with E-state index < -0.39 is 11.9 Å². The minimum absolute atomic E-state index is 0. The molecule has 530 valence electrons. The van der Waals surface area contributed by atoms with Crippen LogP contribution in [0.4, 0.5) is 0 Å². The first kappa shape index (κ1) is 70.2. The van der Waals surface area contributed by atoms with Crippen molar-refractivity contribution in [2.24, 2.45) is 0 Å². The van der Waals surface area contributed by atoms with Gasteiger partial charge in [-0.2, -0.15) is 6.07 Å². The Morgan fingerprint density at radius 3 is 1.34 bits per heavy atom. The van der Waals surface area contributed by atoms with Crippen molar-refractivity contribution in [3.8, 4) is 34.4 Å². The van der Waals surface area contributed by atoms with Crippen LogP contribution in [0.2, 0.25) is 0 Å². The Hall–Kier alpha value is -13.2. The van der Waals surface area contributed by atoms with Gasteiger partial charge in [-0.3, -0.25) is 23.5 Å². The van der Waals surface area contributed by atoms with E-state index in [-0.39, 0.29) is 48.3 Å². The molecule has 22 aromatic rings. The zero-order valence-corrected chi connectivity index (χ0v) is 60.7. The summed E-state index contributed by atoms with van der Waals surface area (Å²) in [5.41, 5.74) is 14.0. The van der Waals surface area contributed by atoms with Gasteiger partial charge in [-0.25, -0.2) is 15.0 Å². The van der Waals surface area contributed by atoms with Gasteiger partial charge in [-0.05, 0) is 134 Å². The molecule has 0 aliphatic rings. The SMILES string of the molecule is C.CC(=O)O.CC(=O)O.[Pd+2].[Pd].[c-]1c(Oc2[c-]c3c(cc2)c2c4ccccc4c4ccccc4c2n2c4ccccc4nc32)cccc1-n1c2ccccc2c2cccnc21.c1cc(Oc2ccc3c(c2)c2nc4ccccc4n2c2c4ccccc4c4ccccc4c32)cc(-n2c3ccccc3c3cccnc32)c1. The van der Waals surface area contributed by atoms with Crippen molar-refractivity contribution in [1.82, 2.24) is 37.9 Å². The van der Waals surface area contributed by atoms with Crippen LogP contribution in [0.5, 0.6) is 23.0 Å². The normalized spacial score (nSPS) is 11.3. The van der Waals surface area contributed by atoms with Crippen LogP contribution in [0, 0.1) is 12.1 Å². The van der Waals surface area contributed by atoms with E-state index in [1.807, 2.05) is 67.0 Å². The number of aromatic nitrogens is 8. The van der Waals surface area contributed by atoms with E-state index in [1.165, 1.54) is 64.8 Å². The Balaban J connectivity index is 0.000000148. The minimum atomic E-state index is -0.833. The number of rotatable bonds is 6. The first-order valence-electron chi connectivity index (χ1n) is 34.7. The summed E-state index contributed by atoms with van der Waals surface area (Å²) >= 11 is 0. The molecule has 109 heavy (non-hydrogen) atoms. The molecule has 0 fully saturated rings. The van der Waals surface area contributed by atoms with Crippen molar-refractivity contribution in [3.05, 3.63) is 316 Å². The van der Waals surface area contributed by atoms with Crippen molar-refractivity contribution >= 4 is 176 Å². The van der Waals surface area contributed by atoms with Crippen molar-refractivity contribution in [3.63, 3.8) is 0 Å². The van der Waals surface area contributed by atoms with Crippen LogP contribution < -0.4 is 9.47 Å². The number of carbonyl (C=O) groups is 2. The number of aliphatic carboxylic acids is 2. The van der Waals surface area contributed by atoms with Crippen LogP contribution in [-0.2, 0) is 50.4 Å². The first-order chi connectivity index (χ1) is 52.1. The van der Waals surface area contributed by atoms with Gasteiger partial charge < -0.3 is 28.7 Å². The molecular weight excluding hydrogens is 1540 g/mol. The van der Waals surface area contributed by atoms with Crippen LogP contribution in [0.1, 0.15) is 21.3 Å². The van der Waals surface area contributed by atoms with Crippen molar-refractivity contribution in [1.29, 1.82) is 0 Å². The molecule has 2 N–H and O–H groups in total. The molecule has 0 aliphatic heterocycles. The number of hydrogen-bond acceptors (Lipinski definition) is 8. The summed E-state index contributed by atoms with van der Waals surface area (Å²) in [6, 6.07) is 109. The Labute approximate surface area is 650 Å². The van der Waals surface area contributed by atoms with Gasteiger partial charge in [0.15, 0.2) is 0 Å². The Morgan fingerprint density at radius 2 is 0.761 bits per heavy atom. The fourth-order valence-electron chi connectivity index (χ4n) is 15.7. The maximum atomic E-state index is 9.00. The maximum absolute atomic E-state index is 9.00. The predicted octanol–water partition coefficient (Wildman–Crippen LogP) is 23.2. The molecular formula is C93H62N8O6Pd2. The van der Waals surface area contributed by atoms with Crippen molar-refractivity contribution in [2.75, 3.05) is 0 Å². The van der Waals surface area contributed by atoms with Crippen molar-refractivity contribution in [2.45, 2.75) is 21.3 Å². The predicted molar refractivity (Wildman–Crippen MR) is 434 cm³/mol. The number of carboxylic acid groups (broad SMARTS) is 2. The summed E-state index contributed by atoms with van der Waals surface area (Å²) in [6.07, 6.45) is 3.68. The molecule has 0 spiro atoms. The van der Waals surface area contributed by atoms with E-state index in [4.69, 9.17) is 49.2 Å². The third kappa shape index (κ3) is 11.8. The molecule has 22 rings (SSSR count). The topological polar surface area (TPSA) is 163 Å². The number of ether oxygens (including phenoxy) is 2. The van der Waals surface area contributed by atoms with Crippen LogP contribution in [0.3, 0.4) is 0 Å². The zero-order chi connectivity index (χ0) is 71.3. The monoisotopic (exact) mass is 1600 g/mol. The molecule has 8 heterocycles. The molecule has 0 bridgehead atoms. The van der Waals surface area contributed by atoms with Gasteiger partial charge in [0.25, 0.3) is 11.9 Å². The summed E-state index contributed by atoms with van der Waals surface area (Å²) in [7, 11) is 0. The summed E-state index contributed by atoms with van der Waals surface area (Å²) < 4.78 is 22.2. The molecule has 8 aromatic heterocycles. The summed E-state index contributed by atoms with van der Waals surface area (Å²) in [5, 5.41) is 35.7. The van der Waals surface area contributed by atoms with E-state index in [2.05, 4.69) is 267 Å². The van der Waals surface area contributed by atoms with E-state index in [0.717, 1.165) is 136 Å². The van der Waals surface area contributed by atoms with Crippen LogP contribution in [0.15, 0.2) is 304 Å². The van der Waals surface area contributed by atoms with Crippen molar-refractivity contribution < 1.29 is 70.1 Å². The van der Waals surface area contributed by atoms with Crippen LogP contribution in [-0.4, -0.2) is 60.0 Å². The average Bonchev–Trinajstić information content (AvgIpc) is 1.68. The summed E-state index contributed by atoms with van der Waals surface area (Å²) in [5.74, 6) is 1.03. The first-order valence-corrected chi connectivity index (χ1v) is 34.7. The van der Waals surface area contributed by atoms with Gasteiger partial charge in [-0.15, -0.1) is 30.3 Å². The third-order valence-corrected chi connectivity index (χ3v) is 19.7. The largest absolute Gasteiger partial charge is 2.00 e. The van der Waals surface area contributed by atoms with Gasteiger partial charge in [0.05, 0.1) is 50.0 Å². The van der Waals surface area contributed by atoms with E-state index in [9.17, 15) is 0 Å². The fraction of sp³-hybridized carbons (Fsp3) is 0.0323. The van der Waals surface area contributed by atoms with E-state index >= 15 is 0 Å². The van der Waals surface area contributed by atoms with E-state index in [0.29, 0.717) is 11.5 Å². The second-order valence-electron chi connectivity index (χ2n) is 26.1. The molecule has 0 amide bonds. The molecule has 16 heteroatoms. The Kier molecular flexibility index (Phi) is 18.4. The second-order valence-corrected chi connectivity index (χ2v) is 26.1. The molecule has 0 saturated carbocycles. The number of benzene rings is 14. The fourth-order valence-corrected chi connectivity index (χ4v) is 15.7. The zero-order valence-electron chi connectivity index (χ0n) is 57.6. The number of carboxylic acids is 2. The number of hydrogen-bond donors (Lipinski definition) is 2.